The molecule has 142 valence electrons. The fourth-order valence-corrected chi connectivity index (χ4v) is 4.04. The Bertz CT molecular complexity index is 753. The second-order valence-corrected chi connectivity index (χ2v) is 6.99. The lowest BCUT2D eigenvalue weighted by Crippen LogP contribution is -2.29. The maximum Gasteiger partial charge on any atom is 0.229 e. The third-order valence-electron chi connectivity index (χ3n) is 4.71. The summed E-state index contributed by atoms with van der Waals surface area (Å²) in [6, 6.07) is 5.64. The summed E-state index contributed by atoms with van der Waals surface area (Å²) in [5, 5.41) is 5.48. The van der Waals surface area contributed by atoms with E-state index in [1.54, 1.807) is 14.2 Å². The van der Waals surface area contributed by atoms with Crippen molar-refractivity contribution in [2.45, 2.75) is 19.3 Å². The van der Waals surface area contributed by atoms with Crippen molar-refractivity contribution in [3.8, 4) is 22.8 Å². The zero-order valence-electron chi connectivity index (χ0n) is 14.9. The molecule has 1 aromatic heterocycles. The fraction of sp³-hybridized carbons (Fsp3) is 0.444. The molecule has 1 amide bonds. The molecule has 0 aliphatic heterocycles. The molecule has 6 nitrogen and oxygen atoms in total. The molecule has 26 heavy (non-hydrogen) atoms. The molecule has 2 atom stereocenters. The van der Waals surface area contributed by atoms with Gasteiger partial charge in [-0.1, -0.05) is 6.42 Å². The molecule has 1 aromatic carbocycles. The highest BCUT2D eigenvalue weighted by Gasteiger charge is 2.32. The van der Waals surface area contributed by atoms with Crippen LogP contribution in [-0.2, 0) is 4.79 Å². The van der Waals surface area contributed by atoms with E-state index >= 15 is 0 Å². The number of methoxy groups -OCH3 is 2. The predicted molar refractivity (Wildman–Crippen MR) is 106 cm³/mol. The largest absolute Gasteiger partial charge is 0.493 e. The SMILES string of the molecule is COc1ccc(-c2csc(NC(=O)[C@@H]3CCC[C@@H]3CN)n2)cc1OC.Cl. The topological polar surface area (TPSA) is 86.5 Å². The molecule has 2 aromatic rings. The van der Waals surface area contributed by atoms with Gasteiger partial charge in [-0.05, 0) is 43.5 Å². The highest BCUT2D eigenvalue weighted by Crippen LogP contribution is 2.35. The number of anilines is 1. The summed E-state index contributed by atoms with van der Waals surface area (Å²) in [5.74, 6) is 1.63. The van der Waals surface area contributed by atoms with Crippen molar-refractivity contribution >= 4 is 34.8 Å². The number of halogens is 1. The normalized spacial score (nSPS) is 18.9. The maximum atomic E-state index is 12.5. The Balaban J connectivity index is 0.00000243. The third kappa shape index (κ3) is 4.28. The molecule has 0 saturated heterocycles. The van der Waals surface area contributed by atoms with E-state index in [0.29, 0.717) is 23.2 Å². The Kier molecular flexibility index (Phi) is 7.25. The molecule has 3 rings (SSSR count). The van der Waals surface area contributed by atoms with E-state index in [-0.39, 0.29) is 30.2 Å². The molecule has 1 aliphatic carbocycles. The highest BCUT2D eigenvalue weighted by molar-refractivity contribution is 7.14. The number of carbonyl (C=O) groups is 1. The number of thiazole rings is 1. The van der Waals surface area contributed by atoms with Crippen LogP contribution in [0.3, 0.4) is 0 Å². The average molecular weight is 398 g/mol. The second kappa shape index (κ2) is 9.21. The summed E-state index contributed by atoms with van der Waals surface area (Å²) in [4.78, 5) is 17.0. The van der Waals surface area contributed by atoms with Gasteiger partial charge in [-0.25, -0.2) is 4.98 Å². The number of nitrogens with one attached hydrogen (secondary N) is 1. The first-order valence-electron chi connectivity index (χ1n) is 8.35. The smallest absolute Gasteiger partial charge is 0.229 e. The molecule has 1 fully saturated rings. The number of aromatic nitrogens is 1. The molecular weight excluding hydrogens is 374 g/mol. The van der Waals surface area contributed by atoms with Gasteiger partial charge in [0.1, 0.15) is 0 Å². The summed E-state index contributed by atoms with van der Waals surface area (Å²) in [6.07, 6.45) is 3.00. The van der Waals surface area contributed by atoms with Crippen LogP contribution in [0, 0.1) is 11.8 Å². The minimum atomic E-state index is -0.00145. The van der Waals surface area contributed by atoms with Gasteiger partial charge < -0.3 is 20.5 Å². The zero-order chi connectivity index (χ0) is 17.8. The van der Waals surface area contributed by atoms with Crippen LogP contribution in [0.2, 0.25) is 0 Å². The number of nitrogens with zero attached hydrogens (tertiary/aromatic N) is 1. The molecule has 1 saturated carbocycles. The maximum absolute atomic E-state index is 12.5. The van der Waals surface area contributed by atoms with Crippen LogP contribution in [0.1, 0.15) is 19.3 Å². The number of ether oxygens (including phenoxy) is 2. The summed E-state index contributed by atoms with van der Waals surface area (Å²) < 4.78 is 10.6. The molecule has 3 N–H and O–H groups in total. The number of benzene rings is 1. The monoisotopic (exact) mass is 397 g/mol. The van der Waals surface area contributed by atoms with E-state index in [9.17, 15) is 4.79 Å². The van der Waals surface area contributed by atoms with E-state index in [1.165, 1.54) is 11.3 Å². The van der Waals surface area contributed by atoms with Crippen LogP contribution >= 0.6 is 23.7 Å². The minimum Gasteiger partial charge on any atom is -0.493 e. The molecule has 1 heterocycles. The van der Waals surface area contributed by atoms with Crippen molar-refractivity contribution in [3.63, 3.8) is 0 Å². The predicted octanol–water partition coefficient (Wildman–Crippen LogP) is 3.56. The Morgan fingerprint density at radius 3 is 2.77 bits per heavy atom. The van der Waals surface area contributed by atoms with Crippen LogP contribution in [0.15, 0.2) is 23.6 Å². The fourth-order valence-electron chi connectivity index (χ4n) is 3.32. The summed E-state index contributed by atoms with van der Waals surface area (Å²) in [7, 11) is 3.20. The van der Waals surface area contributed by atoms with Crippen LogP contribution in [0.25, 0.3) is 11.3 Å². The van der Waals surface area contributed by atoms with Crippen molar-refractivity contribution in [2.24, 2.45) is 17.6 Å². The summed E-state index contributed by atoms with van der Waals surface area (Å²) in [5.41, 5.74) is 7.48. The zero-order valence-corrected chi connectivity index (χ0v) is 16.5. The van der Waals surface area contributed by atoms with Crippen LogP contribution < -0.4 is 20.5 Å². The molecular formula is C18H24ClN3O3S. The van der Waals surface area contributed by atoms with Gasteiger partial charge in [0.05, 0.1) is 19.9 Å². The lowest BCUT2D eigenvalue weighted by molar-refractivity contribution is -0.120. The number of carbonyl (C=O) groups excluding carboxylic acids is 1. The summed E-state index contributed by atoms with van der Waals surface area (Å²) >= 11 is 1.42. The number of rotatable bonds is 6. The van der Waals surface area contributed by atoms with E-state index in [1.807, 2.05) is 23.6 Å². The highest BCUT2D eigenvalue weighted by atomic mass is 35.5. The number of amides is 1. The van der Waals surface area contributed by atoms with Crippen molar-refractivity contribution in [2.75, 3.05) is 26.1 Å². The van der Waals surface area contributed by atoms with Crippen molar-refractivity contribution in [3.05, 3.63) is 23.6 Å². The van der Waals surface area contributed by atoms with Gasteiger partial charge in [0.15, 0.2) is 16.6 Å². The molecule has 1 aliphatic rings. The van der Waals surface area contributed by atoms with E-state index in [2.05, 4.69) is 10.3 Å². The van der Waals surface area contributed by atoms with Crippen molar-refractivity contribution in [1.29, 1.82) is 0 Å². The molecule has 0 radical (unpaired) electrons. The standard InChI is InChI=1S/C18H23N3O3S.ClH/c1-23-15-7-6-11(8-16(15)24-2)14-10-25-18(20-14)21-17(22)13-5-3-4-12(13)9-19;/h6-8,10,12-13H,3-5,9,19H2,1-2H3,(H,20,21,22);1H/t12-,13-;/m1./s1. The van der Waals surface area contributed by atoms with E-state index in [0.717, 1.165) is 30.5 Å². The van der Waals surface area contributed by atoms with E-state index in [4.69, 9.17) is 15.2 Å². The van der Waals surface area contributed by atoms with Gasteiger partial charge in [-0.15, -0.1) is 23.7 Å². The van der Waals surface area contributed by atoms with Crippen LogP contribution in [0.5, 0.6) is 11.5 Å². The Morgan fingerprint density at radius 1 is 1.31 bits per heavy atom. The average Bonchev–Trinajstić information content (AvgIpc) is 3.30. The minimum absolute atomic E-state index is 0. The van der Waals surface area contributed by atoms with Gasteiger partial charge >= 0.3 is 0 Å². The first-order chi connectivity index (χ1) is 12.2. The number of hydrogen-bond acceptors (Lipinski definition) is 6. The second-order valence-electron chi connectivity index (χ2n) is 6.13. The lowest BCUT2D eigenvalue weighted by Gasteiger charge is -2.16. The van der Waals surface area contributed by atoms with Gasteiger partial charge in [0, 0.05) is 16.9 Å². The van der Waals surface area contributed by atoms with Gasteiger partial charge in [0.25, 0.3) is 0 Å². The van der Waals surface area contributed by atoms with E-state index < -0.39 is 0 Å². The Labute approximate surface area is 163 Å². The molecule has 0 spiro atoms. The van der Waals surface area contributed by atoms with Gasteiger partial charge in [-0.3, -0.25) is 4.79 Å². The molecule has 0 bridgehead atoms. The number of hydrogen-bond donors (Lipinski definition) is 2. The van der Waals surface area contributed by atoms with Crippen molar-refractivity contribution < 1.29 is 14.3 Å². The lowest BCUT2D eigenvalue weighted by atomic mass is 9.95. The van der Waals surface area contributed by atoms with Crippen LogP contribution in [0.4, 0.5) is 5.13 Å². The third-order valence-corrected chi connectivity index (χ3v) is 5.47. The first kappa shape index (κ1) is 20.5. The first-order valence-corrected chi connectivity index (χ1v) is 9.23. The Morgan fingerprint density at radius 2 is 2.08 bits per heavy atom. The summed E-state index contributed by atoms with van der Waals surface area (Å²) in [6.45, 7) is 0.562. The van der Waals surface area contributed by atoms with Gasteiger partial charge in [0.2, 0.25) is 5.91 Å². The van der Waals surface area contributed by atoms with Gasteiger partial charge in [-0.2, -0.15) is 0 Å². The molecule has 8 heteroatoms. The van der Waals surface area contributed by atoms with Crippen LogP contribution in [-0.4, -0.2) is 31.7 Å². The quantitative estimate of drug-likeness (QED) is 0.778. The Hall–Kier alpha value is -1.83. The molecule has 0 unspecified atom stereocenters. The van der Waals surface area contributed by atoms with Crippen molar-refractivity contribution in [1.82, 2.24) is 4.98 Å². The number of nitrogens with two attached hydrogens (primary N) is 1.